The van der Waals surface area contributed by atoms with Gasteiger partial charge in [-0.25, -0.2) is 9.97 Å². The van der Waals surface area contributed by atoms with Crippen molar-refractivity contribution >= 4 is 37.7 Å². The van der Waals surface area contributed by atoms with Crippen LogP contribution < -0.4 is 5.32 Å². The number of aromatic nitrogens is 3. The molecule has 0 saturated carbocycles. The Bertz CT molecular complexity index is 614. The average molecular weight is 400 g/mol. The van der Waals surface area contributed by atoms with E-state index in [1.54, 1.807) is 12.4 Å². The second kappa shape index (κ2) is 6.63. The molecule has 0 atom stereocenters. The molecule has 0 aliphatic carbocycles. The van der Waals surface area contributed by atoms with E-state index in [-0.39, 0.29) is 0 Å². The van der Waals surface area contributed by atoms with Gasteiger partial charge in [-0.3, -0.25) is 4.98 Å². The normalized spacial score (nSPS) is 10.9. The number of rotatable bonds is 4. The lowest BCUT2D eigenvalue weighted by Gasteiger charge is -2.14. The SMILES string of the molecule is CCNc1nc(-c2cncc(Br)c2)nc(C(C)C)c1Br. The summed E-state index contributed by atoms with van der Waals surface area (Å²) < 4.78 is 1.85. The number of hydrogen-bond acceptors (Lipinski definition) is 4. The van der Waals surface area contributed by atoms with Crippen LogP contribution >= 0.6 is 31.9 Å². The zero-order chi connectivity index (χ0) is 14.7. The highest BCUT2D eigenvalue weighted by Gasteiger charge is 2.15. The van der Waals surface area contributed by atoms with Crippen LogP contribution in [0, 0.1) is 0 Å². The lowest BCUT2D eigenvalue weighted by atomic mass is 10.1. The molecule has 0 saturated heterocycles. The lowest BCUT2D eigenvalue weighted by molar-refractivity contribution is 0.809. The second-order valence-electron chi connectivity index (χ2n) is 4.67. The molecule has 0 aliphatic rings. The summed E-state index contributed by atoms with van der Waals surface area (Å²) in [7, 11) is 0. The van der Waals surface area contributed by atoms with Crippen molar-refractivity contribution in [2.24, 2.45) is 0 Å². The van der Waals surface area contributed by atoms with Crippen LogP contribution in [0.4, 0.5) is 5.82 Å². The molecule has 0 aromatic carbocycles. The monoisotopic (exact) mass is 398 g/mol. The zero-order valence-corrected chi connectivity index (χ0v) is 14.8. The molecule has 0 bridgehead atoms. The van der Waals surface area contributed by atoms with Gasteiger partial charge < -0.3 is 5.32 Å². The summed E-state index contributed by atoms with van der Waals surface area (Å²) in [5.74, 6) is 1.81. The standard InChI is InChI=1S/C14H16Br2N4/c1-4-18-14-11(16)12(8(2)3)19-13(20-14)9-5-10(15)7-17-6-9/h5-8H,4H2,1-3H3,(H,18,19,20). The summed E-state index contributed by atoms with van der Waals surface area (Å²) in [5.41, 5.74) is 1.89. The molecule has 106 valence electrons. The molecular formula is C14H16Br2N4. The molecule has 6 heteroatoms. The first kappa shape index (κ1) is 15.4. The number of nitrogens with one attached hydrogen (secondary N) is 1. The largest absolute Gasteiger partial charge is 0.369 e. The Morgan fingerprint density at radius 1 is 1.20 bits per heavy atom. The van der Waals surface area contributed by atoms with Crippen molar-refractivity contribution in [3.63, 3.8) is 0 Å². The Hall–Kier alpha value is -1.01. The number of anilines is 1. The van der Waals surface area contributed by atoms with Crippen LogP contribution in [0.1, 0.15) is 32.4 Å². The van der Waals surface area contributed by atoms with Crippen LogP contribution in [0.5, 0.6) is 0 Å². The van der Waals surface area contributed by atoms with Crippen molar-refractivity contribution in [1.29, 1.82) is 0 Å². The minimum Gasteiger partial charge on any atom is -0.369 e. The van der Waals surface area contributed by atoms with Crippen LogP contribution in [-0.2, 0) is 0 Å². The minimum absolute atomic E-state index is 0.309. The number of hydrogen-bond donors (Lipinski definition) is 1. The molecule has 2 aromatic rings. The smallest absolute Gasteiger partial charge is 0.163 e. The number of halogens is 2. The Morgan fingerprint density at radius 2 is 1.95 bits per heavy atom. The molecule has 4 nitrogen and oxygen atoms in total. The summed E-state index contributed by atoms with van der Waals surface area (Å²) in [6.45, 7) is 7.09. The molecule has 2 rings (SSSR count). The van der Waals surface area contributed by atoms with E-state index in [4.69, 9.17) is 0 Å². The van der Waals surface area contributed by atoms with E-state index in [1.165, 1.54) is 0 Å². The van der Waals surface area contributed by atoms with Gasteiger partial charge in [-0.2, -0.15) is 0 Å². The van der Waals surface area contributed by atoms with E-state index < -0.39 is 0 Å². The molecule has 0 fully saturated rings. The van der Waals surface area contributed by atoms with E-state index >= 15 is 0 Å². The summed E-state index contributed by atoms with van der Waals surface area (Å²) in [6, 6.07) is 1.97. The molecule has 0 aliphatic heterocycles. The van der Waals surface area contributed by atoms with Gasteiger partial charge >= 0.3 is 0 Å². The molecule has 2 aromatic heterocycles. The maximum absolute atomic E-state index is 4.67. The van der Waals surface area contributed by atoms with Crippen LogP contribution in [0.25, 0.3) is 11.4 Å². The summed E-state index contributed by atoms with van der Waals surface area (Å²) in [5, 5.41) is 3.27. The van der Waals surface area contributed by atoms with Gasteiger partial charge in [0, 0.05) is 29.0 Å². The van der Waals surface area contributed by atoms with Crippen molar-refractivity contribution < 1.29 is 0 Å². The molecule has 1 N–H and O–H groups in total. The highest BCUT2D eigenvalue weighted by atomic mass is 79.9. The van der Waals surface area contributed by atoms with Crippen LogP contribution in [-0.4, -0.2) is 21.5 Å². The molecule has 0 radical (unpaired) electrons. The topological polar surface area (TPSA) is 50.7 Å². The van der Waals surface area contributed by atoms with Crippen molar-refractivity contribution in [2.45, 2.75) is 26.7 Å². The van der Waals surface area contributed by atoms with Gasteiger partial charge in [0.2, 0.25) is 0 Å². The average Bonchev–Trinajstić information content (AvgIpc) is 2.41. The first-order valence-electron chi connectivity index (χ1n) is 6.45. The predicted molar refractivity (Wildman–Crippen MR) is 88.9 cm³/mol. The van der Waals surface area contributed by atoms with Crippen LogP contribution in [0.3, 0.4) is 0 Å². The number of nitrogens with zero attached hydrogens (tertiary/aromatic N) is 3. The first-order chi connectivity index (χ1) is 9.52. The van der Waals surface area contributed by atoms with E-state index in [0.717, 1.165) is 32.6 Å². The fourth-order valence-corrected chi connectivity index (χ4v) is 2.94. The molecule has 20 heavy (non-hydrogen) atoms. The maximum atomic E-state index is 4.67. The van der Waals surface area contributed by atoms with Gasteiger partial charge in [0.05, 0.1) is 10.2 Å². The van der Waals surface area contributed by atoms with Gasteiger partial charge in [-0.15, -0.1) is 0 Å². The van der Waals surface area contributed by atoms with E-state index in [1.807, 2.05) is 13.0 Å². The van der Waals surface area contributed by atoms with Crippen molar-refractivity contribution in [3.05, 3.63) is 33.1 Å². The maximum Gasteiger partial charge on any atom is 0.163 e. The Balaban J connectivity index is 2.58. The lowest BCUT2D eigenvalue weighted by Crippen LogP contribution is -2.07. The van der Waals surface area contributed by atoms with Crippen LogP contribution in [0.15, 0.2) is 27.4 Å². The molecular weight excluding hydrogens is 384 g/mol. The second-order valence-corrected chi connectivity index (χ2v) is 6.38. The third-order valence-corrected chi connectivity index (χ3v) is 3.95. The van der Waals surface area contributed by atoms with Gasteiger partial charge in [0.25, 0.3) is 0 Å². The van der Waals surface area contributed by atoms with Gasteiger partial charge in [0.15, 0.2) is 5.82 Å². The van der Waals surface area contributed by atoms with Crippen molar-refractivity contribution in [1.82, 2.24) is 15.0 Å². The number of pyridine rings is 1. The van der Waals surface area contributed by atoms with Crippen molar-refractivity contribution in [2.75, 3.05) is 11.9 Å². The van der Waals surface area contributed by atoms with E-state index in [2.05, 4.69) is 66.0 Å². The predicted octanol–water partition coefficient (Wildman–Crippen LogP) is 4.62. The van der Waals surface area contributed by atoms with Crippen LogP contribution in [0.2, 0.25) is 0 Å². The van der Waals surface area contributed by atoms with Gasteiger partial charge in [-0.1, -0.05) is 13.8 Å². The Kier molecular flexibility index (Phi) is 5.10. The highest BCUT2D eigenvalue weighted by Crippen LogP contribution is 2.31. The molecule has 2 heterocycles. The van der Waals surface area contributed by atoms with Gasteiger partial charge in [-0.05, 0) is 50.8 Å². The van der Waals surface area contributed by atoms with Gasteiger partial charge in [0.1, 0.15) is 5.82 Å². The third-order valence-electron chi connectivity index (χ3n) is 2.73. The minimum atomic E-state index is 0.309. The molecule has 0 amide bonds. The summed E-state index contributed by atoms with van der Waals surface area (Å²) in [4.78, 5) is 13.4. The Labute approximate surface area is 135 Å². The quantitative estimate of drug-likeness (QED) is 0.814. The van der Waals surface area contributed by atoms with E-state index in [0.29, 0.717) is 11.7 Å². The van der Waals surface area contributed by atoms with E-state index in [9.17, 15) is 0 Å². The third kappa shape index (κ3) is 3.35. The molecule has 0 spiro atoms. The van der Waals surface area contributed by atoms with Crippen molar-refractivity contribution in [3.8, 4) is 11.4 Å². The highest BCUT2D eigenvalue weighted by molar-refractivity contribution is 9.11. The zero-order valence-electron chi connectivity index (χ0n) is 11.6. The summed E-state index contributed by atoms with van der Waals surface area (Å²) >= 11 is 7.02. The fourth-order valence-electron chi connectivity index (χ4n) is 1.79. The first-order valence-corrected chi connectivity index (χ1v) is 8.03. The summed E-state index contributed by atoms with van der Waals surface area (Å²) in [6.07, 6.45) is 3.52. The fraction of sp³-hybridized carbons (Fsp3) is 0.357. The molecule has 0 unspecified atom stereocenters. The Morgan fingerprint density at radius 3 is 2.55 bits per heavy atom.